The van der Waals surface area contributed by atoms with Gasteiger partial charge in [-0.2, -0.15) is 9.97 Å². The third-order valence-electron chi connectivity index (χ3n) is 8.92. The van der Waals surface area contributed by atoms with Gasteiger partial charge in [0.1, 0.15) is 5.75 Å². The van der Waals surface area contributed by atoms with Crippen LogP contribution in [0.4, 0.5) is 11.8 Å². The van der Waals surface area contributed by atoms with Gasteiger partial charge in [0.2, 0.25) is 11.9 Å². The molecule has 3 aliphatic rings. The Bertz CT molecular complexity index is 1320. The number of hydrogen-bond donors (Lipinski definition) is 3. The highest BCUT2D eigenvalue weighted by Crippen LogP contribution is 2.34. The zero-order valence-electron chi connectivity index (χ0n) is 24.3. The number of nitrogens with one attached hydrogen (secondary N) is 2. The summed E-state index contributed by atoms with van der Waals surface area (Å²) in [5, 5.41) is 7.31. The van der Waals surface area contributed by atoms with Gasteiger partial charge in [0.05, 0.1) is 19.9 Å². The summed E-state index contributed by atoms with van der Waals surface area (Å²) in [6.07, 6.45) is 13.0. The quantitative estimate of drug-likeness (QED) is 0.318. The van der Waals surface area contributed by atoms with Crippen molar-refractivity contribution in [3.8, 4) is 5.75 Å². The molecule has 0 spiro atoms. The Morgan fingerprint density at radius 1 is 0.976 bits per heavy atom. The summed E-state index contributed by atoms with van der Waals surface area (Å²) in [6.45, 7) is 1.44. The normalized spacial score (nSPS) is 21.4. The lowest BCUT2D eigenvalue weighted by molar-refractivity contribution is -0.131. The summed E-state index contributed by atoms with van der Waals surface area (Å²) in [5.41, 5.74) is 8.86. The fourth-order valence-electron chi connectivity index (χ4n) is 6.51. The van der Waals surface area contributed by atoms with E-state index in [1.165, 1.54) is 25.7 Å². The summed E-state index contributed by atoms with van der Waals surface area (Å²) in [6, 6.07) is 9.06. The maximum atomic E-state index is 13.0. The molecule has 0 unspecified atom stereocenters. The molecule has 10 nitrogen and oxygen atoms in total. The molecular formula is C30H44Cl2N8O2. The van der Waals surface area contributed by atoms with Gasteiger partial charge in [-0.3, -0.25) is 4.79 Å². The van der Waals surface area contributed by atoms with Crippen molar-refractivity contribution in [3.63, 3.8) is 0 Å². The number of likely N-dealkylation sites (tertiary alicyclic amines) is 1. The van der Waals surface area contributed by atoms with E-state index in [0.717, 1.165) is 79.9 Å². The topological polar surface area (TPSA) is 123 Å². The zero-order chi connectivity index (χ0) is 27.5. The number of benzene rings is 1. The minimum atomic E-state index is 0. The smallest absolute Gasteiger partial charge is 0.227 e. The average molecular weight is 620 g/mol. The van der Waals surface area contributed by atoms with E-state index < -0.39 is 0 Å². The first-order chi connectivity index (χ1) is 19.6. The summed E-state index contributed by atoms with van der Waals surface area (Å²) >= 11 is 0. The van der Waals surface area contributed by atoms with Gasteiger partial charge in [-0.15, -0.1) is 24.8 Å². The van der Waals surface area contributed by atoms with Crippen molar-refractivity contribution in [2.75, 3.05) is 30.8 Å². The van der Waals surface area contributed by atoms with Gasteiger partial charge in [-0.05, 0) is 69.1 Å². The maximum Gasteiger partial charge on any atom is 0.227 e. The summed E-state index contributed by atoms with van der Waals surface area (Å²) in [7, 11) is 1.65. The molecule has 3 heterocycles. The Morgan fingerprint density at radius 2 is 1.69 bits per heavy atom. The van der Waals surface area contributed by atoms with Crippen LogP contribution in [-0.2, 0) is 11.2 Å². The lowest BCUT2D eigenvalue weighted by Gasteiger charge is -2.33. The molecule has 2 aromatic heterocycles. The van der Waals surface area contributed by atoms with Gasteiger partial charge in [0.25, 0.3) is 0 Å². The zero-order valence-corrected chi connectivity index (χ0v) is 26.0. The van der Waals surface area contributed by atoms with E-state index in [-0.39, 0.29) is 36.8 Å². The predicted molar refractivity (Wildman–Crippen MR) is 171 cm³/mol. The Kier molecular flexibility index (Phi) is 11.1. The Morgan fingerprint density at radius 3 is 2.40 bits per heavy atom. The van der Waals surface area contributed by atoms with E-state index in [1.807, 2.05) is 35.5 Å². The molecule has 0 bridgehead atoms. The number of ether oxygens (including phenoxy) is 1. The SMILES string of the molecule is COc1cccc(CC(=O)N2CCC(Nc3nc(N[C@H]4CC[C@H](N)CC4)nc4c3ncn4C3CCCC3)CC2)c1.Cl.Cl. The third-order valence-corrected chi connectivity index (χ3v) is 8.92. The molecule has 3 fully saturated rings. The molecule has 0 radical (unpaired) electrons. The van der Waals surface area contributed by atoms with Crippen LogP contribution in [0, 0.1) is 0 Å². The van der Waals surface area contributed by atoms with Gasteiger partial charge < -0.3 is 30.6 Å². The number of rotatable bonds is 8. The highest BCUT2D eigenvalue weighted by molar-refractivity contribution is 5.86. The number of nitrogens with two attached hydrogens (primary N) is 1. The highest BCUT2D eigenvalue weighted by atomic mass is 35.5. The Hall–Kier alpha value is -2.82. The molecule has 1 saturated heterocycles. The first kappa shape index (κ1) is 32.1. The van der Waals surface area contributed by atoms with Crippen molar-refractivity contribution in [1.82, 2.24) is 24.4 Å². The molecule has 1 aliphatic heterocycles. The summed E-state index contributed by atoms with van der Waals surface area (Å²) < 4.78 is 7.57. The molecule has 2 saturated carbocycles. The molecule has 230 valence electrons. The molecule has 2 aliphatic carbocycles. The van der Waals surface area contributed by atoms with Gasteiger partial charge in [0.15, 0.2) is 17.0 Å². The number of carbonyl (C=O) groups excluding carboxylic acids is 1. The number of carbonyl (C=O) groups is 1. The van der Waals surface area contributed by atoms with Crippen LogP contribution in [0.2, 0.25) is 0 Å². The van der Waals surface area contributed by atoms with Crippen molar-refractivity contribution in [3.05, 3.63) is 36.2 Å². The Labute approximate surface area is 260 Å². The second-order valence-corrected chi connectivity index (χ2v) is 11.7. The van der Waals surface area contributed by atoms with Crippen LogP contribution in [0.5, 0.6) is 5.75 Å². The van der Waals surface area contributed by atoms with Crippen LogP contribution >= 0.6 is 24.8 Å². The number of methoxy groups -OCH3 is 1. The highest BCUT2D eigenvalue weighted by Gasteiger charge is 2.27. The molecule has 3 aromatic rings. The number of hydrogen-bond acceptors (Lipinski definition) is 8. The largest absolute Gasteiger partial charge is 0.497 e. The molecule has 42 heavy (non-hydrogen) atoms. The lowest BCUT2D eigenvalue weighted by atomic mass is 9.92. The van der Waals surface area contributed by atoms with Crippen molar-refractivity contribution in [2.45, 2.75) is 94.8 Å². The summed E-state index contributed by atoms with van der Waals surface area (Å²) in [4.78, 5) is 29.7. The predicted octanol–water partition coefficient (Wildman–Crippen LogP) is 5.12. The van der Waals surface area contributed by atoms with Crippen LogP contribution in [0.25, 0.3) is 11.2 Å². The fraction of sp³-hybridized carbons (Fsp3) is 0.600. The number of anilines is 2. The second-order valence-electron chi connectivity index (χ2n) is 11.7. The van der Waals surface area contributed by atoms with Crippen LogP contribution in [-0.4, -0.2) is 68.7 Å². The minimum Gasteiger partial charge on any atom is -0.497 e. The monoisotopic (exact) mass is 618 g/mol. The van der Waals surface area contributed by atoms with Crippen molar-refractivity contribution in [2.24, 2.45) is 5.73 Å². The fourth-order valence-corrected chi connectivity index (χ4v) is 6.51. The van der Waals surface area contributed by atoms with Crippen LogP contribution in [0.1, 0.15) is 75.8 Å². The first-order valence-electron chi connectivity index (χ1n) is 15.0. The van der Waals surface area contributed by atoms with Crippen molar-refractivity contribution in [1.29, 1.82) is 0 Å². The molecule has 6 rings (SSSR count). The summed E-state index contributed by atoms with van der Waals surface area (Å²) in [5.74, 6) is 2.39. The lowest BCUT2D eigenvalue weighted by Crippen LogP contribution is -2.43. The van der Waals surface area contributed by atoms with E-state index in [4.69, 9.17) is 25.4 Å². The number of piperidine rings is 1. The molecule has 1 amide bonds. The van der Waals surface area contributed by atoms with Gasteiger partial charge in [-0.1, -0.05) is 25.0 Å². The first-order valence-corrected chi connectivity index (χ1v) is 15.0. The number of fused-ring (bicyclic) bond motifs is 1. The van der Waals surface area contributed by atoms with Crippen molar-refractivity contribution < 1.29 is 9.53 Å². The van der Waals surface area contributed by atoms with E-state index in [0.29, 0.717) is 30.5 Å². The molecule has 4 N–H and O–H groups in total. The van der Waals surface area contributed by atoms with Crippen LogP contribution < -0.4 is 21.1 Å². The van der Waals surface area contributed by atoms with Gasteiger partial charge in [0, 0.05) is 37.3 Å². The van der Waals surface area contributed by atoms with E-state index in [2.05, 4.69) is 15.2 Å². The van der Waals surface area contributed by atoms with Crippen molar-refractivity contribution >= 4 is 53.7 Å². The van der Waals surface area contributed by atoms with E-state index >= 15 is 0 Å². The molecule has 0 atom stereocenters. The Balaban J connectivity index is 0.00000202. The number of halogens is 2. The van der Waals surface area contributed by atoms with Crippen LogP contribution in [0.15, 0.2) is 30.6 Å². The molecule has 12 heteroatoms. The number of aromatic nitrogens is 4. The number of imidazole rings is 1. The van der Waals surface area contributed by atoms with Gasteiger partial charge >= 0.3 is 0 Å². The molecule has 1 aromatic carbocycles. The van der Waals surface area contributed by atoms with Gasteiger partial charge in [-0.25, -0.2) is 4.98 Å². The average Bonchev–Trinajstić information content (AvgIpc) is 3.65. The van der Waals surface area contributed by atoms with E-state index in [1.54, 1.807) is 7.11 Å². The third kappa shape index (κ3) is 7.38. The standard InChI is InChI=1S/C30H42N8O2.2ClH/c1-40-25-8-4-5-20(17-25)18-26(39)37-15-13-23(14-16-37)33-28-27-29(38(19-32-27)24-6-2-3-7-24)36-30(35-28)34-22-11-9-21(31)10-12-22;;/h4-5,8,17,19,21-24H,2-3,6-7,9-16,18,31H2,1H3,(H2,33,34,35,36);2*1H/t21-,22-;;. The van der Waals surface area contributed by atoms with E-state index in [9.17, 15) is 4.79 Å². The minimum absolute atomic E-state index is 0. The second kappa shape index (κ2) is 14.6. The number of nitrogens with zero attached hydrogens (tertiary/aromatic N) is 5. The maximum absolute atomic E-state index is 13.0. The molecular weight excluding hydrogens is 575 g/mol. The number of amides is 1. The van der Waals surface area contributed by atoms with Crippen LogP contribution in [0.3, 0.4) is 0 Å².